The standard InChI is InChI=1S/C14H19NO/c1-10(2)16-9-12-8-15(4)13-7-5-6-11(3)14(12)13/h5-8,10H,9H2,1-4H3. The Morgan fingerprint density at radius 1 is 1.31 bits per heavy atom. The minimum absolute atomic E-state index is 0.277. The maximum Gasteiger partial charge on any atom is 0.0741 e. The Morgan fingerprint density at radius 2 is 2.06 bits per heavy atom. The molecule has 0 radical (unpaired) electrons. The fourth-order valence-electron chi connectivity index (χ4n) is 2.10. The molecule has 0 aliphatic heterocycles. The maximum absolute atomic E-state index is 5.69. The second-order valence-corrected chi connectivity index (χ2v) is 4.59. The Bertz CT molecular complexity index is 497. The van der Waals surface area contributed by atoms with Crippen molar-refractivity contribution in [2.24, 2.45) is 7.05 Å². The molecule has 0 fully saturated rings. The average Bonchev–Trinajstić information content (AvgIpc) is 2.55. The van der Waals surface area contributed by atoms with Crippen molar-refractivity contribution in [3.8, 4) is 0 Å². The fraction of sp³-hybridized carbons (Fsp3) is 0.429. The van der Waals surface area contributed by atoms with Crippen LogP contribution in [-0.4, -0.2) is 10.7 Å². The smallest absolute Gasteiger partial charge is 0.0741 e. The molecular formula is C14H19NO. The molecule has 1 heterocycles. The van der Waals surface area contributed by atoms with Gasteiger partial charge in [0.15, 0.2) is 0 Å². The van der Waals surface area contributed by atoms with Crippen LogP contribution in [0.4, 0.5) is 0 Å². The summed E-state index contributed by atoms with van der Waals surface area (Å²) in [6.07, 6.45) is 2.44. The molecule has 0 aliphatic rings. The number of nitrogens with zero attached hydrogens (tertiary/aromatic N) is 1. The number of hydrogen-bond acceptors (Lipinski definition) is 1. The van der Waals surface area contributed by atoms with E-state index in [-0.39, 0.29) is 6.10 Å². The molecule has 0 atom stereocenters. The lowest BCUT2D eigenvalue weighted by molar-refractivity contribution is 0.0663. The van der Waals surface area contributed by atoms with E-state index in [1.807, 2.05) is 0 Å². The molecule has 0 amide bonds. The predicted octanol–water partition coefficient (Wildman–Crippen LogP) is 3.41. The first kappa shape index (κ1) is 11.2. The summed E-state index contributed by atoms with van der Waals surface area (Å²) >= 11 is 0. The highest BCUT2D eigenvalue weighted by Gasteiger charge is 2.09. The number of aryl methyl sites for hydroxylation is 2. The van der Waals surface area contributed by atoms with Gasteiger partial charge in [0.05, 0.1) is 12.7 Å². The van der Waals surface area contributed by atoms with Gasteiger partial charge in [0.2, 0.25) is 0 Å². The first-order valence-corrected chi connectivity index (χ1v) is 5.74. The lowest BCUT2D eigenvalue weighted by atomic mass is 10.1. The van der Waals surface area contributed by atoms with Crippen LogP contribution < -0.4 is 0 Å². The molecule has 0 saturated heterocycles. The minimum atomic E-state index is 0.277. The summed E-state index contributed by atoms with van der Waals surface area (Å²) in [5.74, 6) is 0. The zero-order chi connectivity index (χ0) is 11.7. The predicted molar refractivity (Wildman–Crippen MR) is 67.6 cm³/mol. The number of ether oxygens (including phenoxy) is 1. The van der Waals surface area contributed by atoms with Gasteiger partial charge in [0.25, 0.3) is 0 Å². The summed E-state index contributed by atoms with van der Waals surface area (Å²) in [6.45, 7) is 6.98. The molecule has 0 saturated carbocycles. The molecule has 1 aromatic heterocycles. The van der Waals surface area contributed by atoms with Crippen molar-refractivity contribution >= 4 is 10.9 Å². The molecule has 2 heteroatoms. The van der Waals surface area contributed by atoms with Crippen LogP contribution in [0, 0.1) is 6.92 Å². The van der Waals surface area contributed by atoms with Crippen molar-refractivity contribution in [3.05, 3.63) is 35.5 Å². The zero-order valence-electron chi connectivity index (χ0n) is 10.4. The van der Waals surface area contributed by atoms with Crippen molar-refractivity contribution in [3.63, 3.8) is 0 Å². The van der Waals surface area contributed by atoms with E-state index in [9.17, 15) is 0 Å². The molecule has 0 aliphatic carbocycles. The van der Waals surface area contributed by atoms with Crippen molar-refractivity contribution in [1.29, 1.82) is 0 Å². The summed E-state index contributed by atoms with van der Waals surface area (Å²) in [4.78, 5) is 0. The van der Waals surface area contributed by atoms with E-state index in [1.165, 1.54) is 22.0 Å². The molecular weight excluding hydrogens is 198 g/mol. The van der Waals surface area contributed by atoms with Gasteiger partial charge in [-0.1, -0.05) is 12.1 Å². The summed E-state index contributed by atoms with van der Waals surface area (Å²) in [5.41, 5.74) is 3.88. The van der Waals surface area contributed by atoms with Crippen LogP contribution in [0.25, 0.3) is 10.9 Å². The molecule has 0 unspecified atom stereocenters. The van der Waals surface area contributed by atoms with Crippen molar-refractivity contribution < 1.29 is 4.74 Å². The van der Waals surface area contributed by atoms with Crippen LogP contribution in [0.15, 0.2) is 24.4 Å². The normalized spacial score (nSPS) is 11.6. The van der Waals surface area contributed by atoms with Crippen molar-refractivity contribution in [2.75, 3.05) is 0 Å². The first-order valence-electron chi connectivity index (χ1n) is 5.74. The third kappa shape index (κ3) is 1.98. The van der Waals surface area contributed by atoms with E-state index in [1.54, 1.807) is 0 Å². The van der Waals surface area contributed by atoms with Crippen LogP contribution in [-0.2, 0) is 18.4 Å². The topological polar surface area (TPSA) is 14.2 Å². The number of rotatable bonds is 3. The summed E-state index contributed by atoms with van der Waals surface area (Å²) in [6, 6.07) is 6.41. The molecule has 2 rings (SSSR count). The van der Waals surface area contributed by atoms with Crippen molar-refractivity contribution in [2.45, 2.75) is 33.5 Å². The van der Waals surface area contributed by atoms with Gasteiger partial charge in [0, 0.05) is 29.7 Å². The minimum Gasteiger partial charge on any atom is -0.374 e. The third-order valence-corrected chi connectivity index (χ3v) is 2.87. The Hall–Kier alpha value is -1.28. The molecule has 0 spiro atoms. The Morgan fingerprint density at radius 3 is 2.75 bits per heavy atom. The SMILES string of the molecule is Cc1cccc2c1c(COC(C)C)cn2C. The van der Waals surface area contributed by atoms with Gasteiger partial charge in [-0.25, -0.2) is 0 Å². The Balaban J connectivity index is 2.45. The first-order chi connectivity index (χ1) is 7.59. The molecule has 1 aromatic carbocycles. The summed E-state index contributed by atoms with van der Waals surface area (Å²) < 4.78 is 7.86. The van der Waals surface area contributed by atoms with E-state index in [0.29, 0.717) is 6.61 Å². The van der Waals surface area contributed by atoms with E-state index in [2.05, 4.69) is 56.8 Å². The highest BCUT2D eigenvalue weighted by atomic mass is 16.5. The van der Waals surface area contributed by atoms with Crippen LogP contribution >= 0.6 is 0 Å². The number of hydrogen-bond donors (Lipinski definition) is 0. The lowest BCUT2D eigenvalue weighted by Gasteiger charge is -2.07. The summed E-state index contributed by atoms with van der Waals surface area (Å²) in [5, 5.41) is 1.34. The van der Waals surface area contributed by atoms with E-state index < -0.39 is 0 Å². The summed E-state index contributed by atoms with van der Waals surface area (Å²) in [7, 11) is 2.08. The molecule has 0 bridgehead atoms. The van der Waals surface area contributed by atoms with Gasteiger partial charge >= 0.3 is 0 Å². The average molecular weight is 217 g/mol. The molecule has 86 valence electrons. The monoisotopic (exact) mass is 217 g/mol. The fourth-order valence-corrected chi connectivity index (χ4v) is 2.10. The zero-order valence-corrected chi connectivity index (χ0v) is 10.4. The number of aromatic nitrogens is 1. The second kappa shape index (κ2) is 4.30. The Kier molecular flexibility index (Phi) is 3.01. The molecule has 16 heavy (non-hydrogen) atoms. The van der Waals surface area contributed by atoms with E-state index in [4.69, 9.17) is 4.74 Å². The quantitative estimate of drug-likeness (QED) is 0.768. The van der Waals surface area contributed by atoms with E-state index >= 15 is 0 Å². The third-order valence-electron chi connectivity index (χ3n) is 2.87. The van der Waals surface area contributed by atoms with Gasteiger partial charge in [-0.3, -0.25) is 0 Å². The second-order valence-electron chi connectivity index (χ2n) is 4.59. The van der Waals surface area contributed by atoms with Gasteiger partial charge in [0.1, 0.15) is 0 Å². The highest BCUT2D eigenvalue weighted by molar-refractivity contribution is 5.87. The lowest BCUT2D eigenvalue weighted by Crippen LogP contribution is -2.01. The van der Waals surface area contributed by atoms with Gasteiger partial charge in [-0.15, -0.1) is 0 Å². The van der Waals surface area contributed by atoms with Gasteiger partial charge in [-0.2, -0.15) is 0 Å². The molecule has 2 nitrogen and oxygen atoms in total. The van der Waals surface area contributed by atoms with Crippen LogP contribution in [0.5, 0.6) is 0 Å². The number of fused-ring (bicyclic) bond motifs is 1. The van der Waals surface area contributed by atoms with Crippen molar-refractivity contribution in [1.82, 2.24) is 4.57 Å². The van der Waals surface area contributed by atoms with Crippen LogP contribution in [0.2, 0.25) is 0 Å². The molecule has 2 aromatic rings. The largest absolute Gasteiger partial charge is 0.374 e. The Labute approximate surface area is 96.8 Å². The van der Waals surface area contributed by atoms with Crippen LogP contribution in [0.1, 0.15) is 25.0 Å². The van der Waals surface area contributed by atoms with Gasteiger partial charge in [-0.05, 0) is 32.4 Å². The number of benzene rings is 1. The highest BCUT2D eigenvalue weighted by Crippen LogP contribution is 2.24. The van der Waals surface area contributed by atoms with E-state index in [0.717, 1.165) is 0 Å². The molecule has 0 N–H and O–H groups in total. The maximum atomic E-state index is 5.69. The van der Waals surface area contributed by atoms with Gasteiger partial charge < -0.3 is 9.30 Å². The van der Waals surface area contributed by atoms with Crippen LogP contribution in [0.3, 0.4) is 0 Å².